The molecule has 6 rings (SSSR count). The first-order valence-electron chi connectivity index (χ1n) is 11.5. The van der Waals surface area contributed by atoms with E-state index in [1.54, 1.807) is 9.25 Å². The molecule has 0 bridgehead atoms. The van der Waals surface area contributed by atoms with Gasteiger partial charge in [0.05, 0.1) is 40.9 Å². The molecule has 4 aromatic heterocycles. The lowest BCUT2D eigenvalue weighted by Gasteiger charge is -2.16. The number of nitrogens with one attached hydrogen (secondary N) is 1. The molecule has 0 aliphatic rings. The summed E-state index contributed by atoms with van der Waals surface area (Å²) >= 11 is 0. The van der Waals surface area contributed by atoms with Crippen molar-refractivity contribution in [2.45, 2.75) is 26.4 Å². The molecule has 0 saturated carbocycles. The highest BCUT2D eigenvalue weighted by Crippen LogP contribution is 2.25. The van der Waals surface area contributed by atoms with E-state index in [2.05, 4.69) is 22.4 Å². The molecule has 0 radical (unpaired) electrons. The standard InChI is InChI=1S/C26H24N8O/c1-16-12-24-33(26(35)20-9-5-7-11-22(20)34(24)31-16)15-23-29-21-10-6-4-8-19(21)25(30-23)28-17(2)18-13-27-32(3)14-18/h4-14,17H,15H2,1-3H3,(H,28,29,30). The average molecular weight is 465 g/mol. The van der Waals surface area contributed by atoms with Crippen molar-refractivity contribution in [2.75, 3.05) is 5.32 Å². The molecule has 9 nitrogen and oxygen atoms in total. The van der Waals surface area contributed by atoms with Gasteiger partial charge in [0.25, 0.3) is 5.56 Å². The third kappa shape index (κ3) is 3.61. The van der Waals surface area contributed by atoms with Gasteiger partial charge in [0.15, 0.2) is 5.82 Å². The Balaban J connectivity index is 1.48. The number of aryl methyl sites for hydroxylation is 2. The van der Waals surface area contributed by atoms with Gasteiger partial charge in [-0.25, -0.2) is 14.5 Å². The van der Waals surface area contributed by atoms with E-state index in [4.69, 9.17) is 9.97 Å². The predicted molar refractivity (Wildman–Crippen MR) is 136 cm³/mol. The third-order valence-electron chi connectivity index (χ3n) is 6.22. The van der Waals surface area contributed by atoms with Crippen molar-refractivity contribution in [3.63, 3.8) is 0 Å². The topological polar surface area (TPSA) is 94.9 Å². The van der Waals surface area contributed by atoms with E-state index in [0.717, 1.165) is 33.5 Å². The molecule has 1 atom stereocenters. The number of fused-ring (bicyclic) bond motifs is 4. The fraction of sp³-hybridized carbons (Fsp3) is 0.192. The van der Waals surface area contributed by atoms with Crippen LogP contribution in [-0.2, 0) is 13.6 Å². The number of nitrogens with zero attached hydrogens (tertiary/aromatic N) is 7. The zero-order valence-corrected chi connectivity index (χ0v) is 19.7. The van der Waals surface area contributed by atoms with Gasteiger partial charge in [-0.2, -0.15) is 10.2 Å². The van der Waals surface area contributed by atoms with Crippen LogP contribution < -0.4 is 10.9 Å². The van der Waals surface area contributed by atoms with Gasteiger partial charge < -0.3 is 5.32 Å². The van der Waals surface area contributed by atoms with Crippen molar-refractivity contribution in [2.24, 2.45) is 7.05 Å². The minimum absolute atomic E-state index is 0.0116. The number of benzene rings is 2. The Hall–Kier alpha value is -4.53. The van der Waals surface area contributed by atoms with Crippen LogP contribution in [0.2, 0.25) is 0 Å². The highest BCUT2D eigenvalue weighted by Gasteiger charge is 2.17. The van der Waals surface area contributed by atoms with Crippen molar-refractivity contribution in [1.29, 1.82) is 0 Å². The van der Waals surface area contributed by atoms with Crippen molar-refractivity contribution < 1.29 is 0 Å². The summed E-state index contributed by atoms with van der Waals surface area (Å²) in [6, 6.07) is 17.3. The fourth-order valence-electron chi connectivity index (χ4n) is 4.50. The number of hydrogen-bond donors (Lipinski definition) is 1. The highest BCUT2D eigenvalue weighted by molar-refractivity contribution is 5.89. The molecule has 174 valence electrons. The molecule has 6 aromatic rings. The Morgan fingerprint density at radius 2 is 1.80 bits per heavy atom. The van der Waals surface area contributed by atoms with Crippen molar-refractivity contribution >= 4 is 33.3 Å². The van der Waals surface area contributed by atoms with E-state index < -0.39 is 0 Å². The maximum Gasteiger partial charge on any atom is 0.262 e. The molecule has 0 aliphatic carbocycles. The number of para-hydroxylation sites is 2. The molecule has 0 spiro atoms. The second-order valence-corrected chi connectivity index (χ2v) is 8.78. The summed E-state index contributed by atoms with van der Waals surface area (Å²) in [6.45, 7) is 4.21. The van der Waals surface area contributed by atoms with E-state index >= 15 is 0 Å². The second-order valence-electron chi connectivity index (χ2n) is 8.78. The van der Waals surface area contributed by atoms with Crippen LogP contribution in [0.3, 0.4) is 0 Å². The maximum absolute atomic E-state index is 13.5. The summed E-state index contributed by atoms with van der Waals surface area (Å²) < 4.78 is 5.29. The lowest BCUT2D eigenvalue weighted by atomic mass is 10.1. The van der Waals surface area contributed by atoms with Crippen molar-refractivity contribution in [3.05, 3.63) is 94.4 Å². The van der Waals surface area contributed by atoms with E-state index in [1.807, 2.05) is 85.5 Å². The van der Waals surface area contributed by atoms with Crippen LogP contribution >= 0.6 is 0 Å². The Labute approximate surface area is 200 Å². The number of anilines is 1. The SMILES string of the molecule is Cc1cc2n(Cc3nc(NC(C)c4cnn(C)c4)c4ccccc4n3)c(=O)c3ccccc3n2n1. The normalized spacial score (nSPS) is 12.5. The number of hydrogen-bond acceptors (Lipinski definition) is 6. The lowest BCUT2D eigenvalue weighted by molar-refractivity contribution is 0.727. The van der Waals surface area contributed by atoms with Crippen molar-refractivity contribution in [3.8, 4) is 0 Å². The van der Waals surface area contributed by atoms with Gasteiger partial charge in [0, 0.05) is 30.3 Å². The summed E-state index contributed by atoms with van der Waals surface area (Å²) in [5.41, 5.74) is 4.10. The van der Waals surface area contributed by atoms with E-state index in [-0.39, 0.29) is 18.1 Å². The molecule has 0 fully saturated rings. The lowest BCUT2D eigenvalue weighted by Crippen LogP contribution is -2.24. The van der Waals surface area contributed by atoms with Gasteiger partial charge in [0.1, 0.15) is 11.5 Å². The minimum atomic E-state index is -0.0944. The average Bonchev–Trinajstić information content (AvgIpc) is 3.47. The summed E-state index contributed by atoms with van der Waals surface area (Å²) in [5.74, 6) is 1.26. The molecule has 1 N–H and O–H groups in total. The first kappa shape index (κ1) is 21.0. The summed E-state index contributed by atoms with van der Waals surface area (Å²) in [4.78, 5) is 23.2. The Bertz CT molecular complexity index is 1780. The van der Waals surface area contributed by atoms with Crippen LogP contribution in [0.15, 0.2) is 71.8 Å². The molecule has 0 aliphatic heterocycles. The van der Waals surface area contributed by atoms with Crippen LogP contribution in [0.5, 0.6) is 0 Å². The second kappa shape index (κ2) is 8.05. The first-order valence-corrected chi connectivity index (χ1v) is 11.5. The smallest absolute Gasteiger partial charge is 0.262 e. The third-order valence-corrected chi connectivity index (χ3v) is 6.22. The van der Waals surface area contributed by atoms with Gasteiger partial charge >= 0.3 is 0 Å². The molecule has 2 aromatic carbocycles. The summed E-state index contributed by atoms with van der Waals surface area (Å²) in [6.07, 6.45) is 3.82. The molecule has 9 heteroatoms. The van der Waals surface area contributed by atoms with E-state index in [9.17, 15) is 4.79 Å². The zero-order valence-electron chi connectivity index (χ0n) is 19.7. The van der Waals surface area contributed by atoms with Crippen LogP contribution in [-0.4, -0.2) is 33.9 Å². The number of rotatable bonds is 5. The molecule has 4 heterocycles. The maximum atomic E-state index is 13.5. The Kier molecular flexibility index (Phi) is 4.84. The van der Waals surface area contributed by atoms with Crippen LogP contribution in [0.1, 0.15) is 30.0 Å². The van der Waals surface area contributed by atoms with E-state index in [0.29, 0.717) is 16.9 Å². The quantitative estimate of drug-likeness (QED) is 0.416. The van der Waals surface area contributed by atoms with Gasteiger partial charge in [-0.05, 0) is 38.1 Å². The van der Waals surface area contributed by atoms with Gasteiger partial charge in [-0.1, -0.05) is 24.3 Å². The fourth-order valence-corrected chi connectivity index (χ4v) is 4.50. The first-order chi connectivity index (χ1) is 17.0. The zero-order chi connectivity index (χ0) is 24.1. The molecular formula is C26H24N8O. The predicted octanol–water partition coefficient (Wildman–Crippen LogP) is 3.86. The molecular weight excluding hydrogens is 440 g/mol. The van der Waals surface area contributed by atoms with Crippen LogP contribution in [0.25, 0.3) is 27.5 Å². The van der Waals surface area contributed by atoms with Crippen molar-refractivity contribution in [1.82, 2.24) is 33.9 Å². The van der Waals surface area contributed by atoms with Crippen LogP contribution in [0, 0.1) is 6.92 Å². The monoisotopic (exact) mass is 464 g/mol. The minimum Gasteiger partial charge on any atom is -0.363 e. The Morgan fingerprint density at radius 3 is 2.60 bits per heavy atom. The molecule has 35 heavy (non-hydrogen) atoms. The van der Waals surface area contributed by atoms with Gasteiger partial charge in [-0.15, -0.1) is 0 Å². The van der Waals surface area contributed by atoms with Gasteiger partial charge in [0.2, 0.25) is 0 Å². The van der Waals surface area contributed by atoms with Gasteiger partial charge in [-0.3, -0.25) is 14.0 Å². The Morgan fingerprint density at radius 1 is 1.03 bits per heavy atom. The highest BCUT2D eigenvalue weighted by atomic mass is 16.1. The molecule has 1 unspecified atom stereocenters. The van der Waals surface area contributed by atoms with E-state index in [1.165, 1.54) is 0 Å². The van der Waals surface area contributed by atoms with Crippen LogP contribution in [0.4, 0.5) is 5.82 Å². The summed E-state index contributed by atoms with van der Waals surface area (Å²) in [5, 5.41) is 13.9. The largest absolute Gasteiger partial charge is 0.363 e. The number of aromatic nitrogens is 7. The molecule has 0 saturated heterocycles. The summed E-state index contributed by atoms with van der Waals surface area (Å²) in [7, 11) is 1.90. The molecule has 0 amide bonds.